The van der Waals surface area contributed by atoms with E-state index in [4.69, 9.17) is 37.0 Å². The van der Waals surface area contributed by atoms with E-state index in [1.807, 2.05) is 0 Å². The fraction of sp³-hybridized carbons (Fsp3) is 0.750. The van der Waals surface area contributed by atoms with Gasteiger partial charge in [0.2, 0.25) is 0 Å². The van der Waals surface area contributed by atoms with E-state index in [0.717, 1.165) is 25.9 Å². The number of carbonyl (C=O) groups is 2. The van der Waals surface area contributed by atoms with Crippen LogP contribution in [0, 0.1) is 0 Å². The molecule has 0 aromatic heterocycles. The summed E-state index contributed by atoms with van der Waals surface area (Å²) in [5, 5.41) is 14.2. The third kappa shape index (κ3) is 26.6. The van der Waals surface area contributed by atoms with E-state index in [0.29, 0.717) is 0 Å². The third-order valence-electron chi connectivity index (χ3n) is 2.14. The molecule has 156 valence electrons. The van der Waals surface area contributed by atoms with E-state index < -0.39 is 24.3 Å². The van der Waals surface area contributed by atoms with Gasteiger partial charge in [-0.1, -0.05) is 19.3 Å². The van der Waals surface area contributed by atoms with Crippen LogP contribution in [0.15, 0.2) is 4.99 Å². The maximum absolute atomic E-state index is 10.6. The molecule has 0 atom stereocenters. The molecule has 0 aliphatic rings. The van der Waals surface area contributed by atoms with Crippen molar-refractivity contribution in [1.82, 2.24) is 0 Å². The molecule has 0 aromatic carbocycles. The second-order valence-electron chi connectivity index (χ2n) is 4.47. The average Bonchev–Trinajstić information content (AvgIpc) is 2.45. The van der Waals surface area contributed by atoms with Gasteiger partial charge in [-0.15, -0.1) is 0 Å². The van der Waals surface area contributed by atoms with Gasteiger partial charge < -0.3 is 27.4 Å². The zero-order valence-corrected chi connectivity index (χ0v) is 13.6. The largest absolute Gasteiger partial charge is 0.490 e. The van der Waals surface area contributed by atoms with E-state index in [-0.39, 0.29) is 5.96 Å². The van der Waals surface area contributed by atoms with Crippen LogP contribution in [0.3, 0.4) is 0 Å². The standard InChI is InChI=1S/C8H20N4.2C2HF3O2/c9-6-4-2-1-3-5-7-12-8(10)11;2*3-2(4,5)1(6)7/h1-7,9H2,(H4,10,11,12);2*(H,6,7). The molecule has 0 heterocycles. The zero-order chi connectivity index (χ0) is 21.4. The number of carboxylic acid groups (broad SMARTS) is 2. The molecule has 8 nitrogen and oxygen atoms in total. The third-order valence-corrected chi connectivity index (χ3v) is 2.14. The van der Waals surface area contributed by atoms with Crippen molar-refractivity contribution < 1.29 is 46.1 Å². The molecule has 0 fully saturated rings. The molecular weight excluding hydrogens is 378 g/mol. The molecular formula is C12H22F6N4O4. The summed E-state index contributed by atoms with van der Waals surface area (Å²) in [4.78, 5) is 21.7. The number of hydrogen-bond acceptors (Lipinski definition) is 4. The molecule has 0 saturated heterocycles. The second kappa shape index (κ2) is 15.0. The van der Waals surface area contributed by atoms with E-state index in [9.17, 15) is 26.3 Å². The van der Waals surface area contributed by atoms with Crippen LogP contribution in [0.2, 0.25) is 0 Å². The van der Waals surface area contributed by atoms with E-state index in [1.54, 1.807) is 0 Å². The van der Waals surface area contributed by atoms with Crippen LogP contribution in [-0.2, 0) is 9.59 Å². The SMILES string of the molecule is NCCCCCCCN=C(N)N.O=C(O)C(F)(F)F.O=C(O)C(F)(F)F. The fourth-order valence-corrected chi connectivity index (χ4v) is 0.995. The fourth-order valence-electron chi connectivity index (χ4n) is 0.995. The molecule has 8 N–H and O–H groups in total. The number of hydrogen-bond donors (Lipinski definition) is 5. The van der Waals surface area contributed by atoms with Crippen LogP contribution < -0.4 is 17.2 Å². The maximum atomic E-state index is 10.6. The summed E-state index contributed by atoms with van der Waals surface area (Å²) < 4.78 is 63.5. The second-order valence-corrected chi connectivity index (χ2v) is 4.47. The van der Waals surface area contributed by atoms with Gasteiger partial charge in [0.1, 0.15) is 0 Å². The van der Waals surface area contributed by atoms with Crippen molar-refractivity contribution in [3.05, 3.63) is 0 Å². The monoisotopic (exact) mass is 400 g/mol. The average molecular weight is 400 g/mol. The van der Waals surface area contributed by atoms with Crippen molar-refractivity contribution in [1.29, 1.82) is 0 Å². The van der Waals surface area contributed by atoms with Gasteiger partial charge >= 0.3 is 24.3 Å². The Morgan fingerprint density at radius 2 is 1.08 bits per heavy atom. The highest BCUT2D eigenvalue weighted by atomic mass is 19.4. The summed E-state index contributed by atoms with van der Waals surface area (Å²) >= 11 is 0. The summed E-state index contributed by atoms with van der Waals surface area (Å²) in [6.07, 6.45) is -4.32. The quantitative estimate of drug-likeness (QED) is 0.187. The zero-order valence-electron chi connectivity index (χ0n) is 13.6. The molecule has 0 aliphatic carbocycles. The number of unbranched alkanes of at least 4 members (excludes halogenated alkanes) is 4. The lowest BCUT2D eigenvalue weighted by Crippen LogP contribution is -2.22. The molecule has 0 spiro atoms. The Morgan fingerprint density at radius 3 is 1.35 bits per heavy atom. The molecule has 0 unspecified atom stereocenters. The van der Waals surface area contributed by atoms with Crippen molar-refractivity contribution in [2.24, 2.45) is 22.2 Å². The Morgan fingerprint density at radius 1 is 0.769 bits per heavy atom. The topological polar surface area (TPSA) is 165 Å². The van der Waals surface area contributed by atoms with Crippen LogP contribution >= 0.6 is 0 Å². The highest BCUT2D eigenvalue weighted by Crippen LogP contribution is 2.13. The number of carboxylic acids is 2. The lowest BCUT2D eigenvalue weighted by atomic mass is 10.1. The predicted molar refractivity (Wildman–Crippen MR) is 80.2 cm³/mol. The van der Waals surface area contributed by atoms with Crippen LogP contribution in [-0.4, -0.2) is 53.6 Å². The molecule has 0 rings (SSSR count). The minimum absolute atomic E-state index is 0.192. The van der Waals surface area contributed by atoms with Gasteiger partial charge in [-0.2, -0.15) is 26.3 Å². The highest BCUT2D eigenvalue weighted by Gasteiger charge is 2.38. The molecule has 0 aromatic rings. The summed E-state index contributed by atoms with van der Waals surface area (Å²) in [6.45, 7) is 1.55. The van der Waals surface area contributed by atoms with Gasteiger partial charge in [-0.05, 0) is 19.4 Å². The van der Waals surface area contributed by atoms with Crippen molar-refractivity contribution in [2.75, 3.05) is 13.1 Å². The minimum atomic E-state index is -5.08. The number of halogens is 6. The smallest absolute Gasteiger partial charge is 0.475 e. The number of aliphatic imine (C=N–C) groups is 1. The molecule has 0 amide bonds. The first kappa shape index (κ1) is 28.5. The van der Waals surface area contributed by atoms with Crippen LogP contribution in [0.1, 0.15) is 32.1 Å². The van der Waals surface area contributed by atoms with Crippen molar-refractivity contribution in [3.63, 3.8) is 0 Å². The lowest BCUT2D eigenvalue weighted by Gasteiger charge is -1.97. The van der Waals surface area contributed by atoms with Gasteiger partial charge in [0, 0.05) is 6.54 Å². The molecule has 0 radical (unpaired) electrons. The Kier molecular flexibility index (Phi) is 16.5. The van der Waals surface area contributed by atoms with E-state index >= 15 is 0 Å². The van der Waals surface area contributed by atoms with Crippen molar-refractivity contribution in [3.8, 4) is 0 Å². The van der Waals surface area contributed by atoms with Gasteiger partial charge in [0.25, 0.3) is 0 Å². The van der Waals surface area contributed by atoms with Crippen LogP contribution in [0.25, 0.3) is 0 Å². The predicted octanol–water partition coefficient (Wildman–Crippen LogP) is 1.44. The summed E-state index contributed by atoms with van der Waals surface area (Å²) in [5.41, 5.74) is 15.7. The number of rotatable bonds is 7. The Hall–Kier alpha value is -2.25. The van der Waals surface area contributed by atoms with Gasteiger partial charge in [-0.3, -0.25) is 4.99 Å². The van der Waals surface area contributed by atoms with Gasteiger partial charge in [-0.25, -0.2) is 9.59 Å². The van der Waals surface area contributed by atoms with Crippen molar-refractivity contribution in [2.45, 2.75) is 44.5 Å². The summed E-state index contributed by atoms with van der Waals surface area (Å²) in [6, 6.07) is 0. The Labute approximate surface area is 145 Å². The highest BCUT2D eigenvalue weighted by molar-refractivity contribution is 5.75. The summed E-state index contributed by atoms with van der Waals surface area (Å²) in [5.74, 6) is -5.32. The minimum Gasteiger partial charge on any atom is -0.475 e. The number of alkyl halides is 6. The number of nitrogens with zero attached hydrogens (tertiary/aromatic N) is 1. The number of nitrogens with two attached hydrogens (primary N) is 3. The van der Waals surface area contributed by atoms with Crippen LogP contribution in [0.4, 0.5) is 26.3 Å². The molecule has 0 bridgehead atoms. The van der Waals surface area contributed by atoms with E-state index in [1.165, 1.54) is 19.3 Å². The van der Waals surface area contributed by atoms with Crippen LogP contribution in [0.5, 0.6) is 0 Å². The number of guanidine groups is 1. The molecule has 26 heavy (non-hydrogen) atoms. The van der Waals surface area contributed by atoms with Crippen molar-refractivity contribution >= 4 is 17.9 Å². The molecule has 0 saturated carbocycles. The summed E-state index contributed by atoms with van der Waals surface area (Å²) in [7, 11) is 0. The Balaban J connectivity index is -0.000000326. The molecule has 0 aliphatic heterocycles. The first-order valence-corrected chi connectivity index (χ1v) is 7.01. The van der Waals surface area contributed by atoms with Gasteiger partial charge in [0.15, 0.2) is 5.96 Å². The molecule has 14 heteroatoms. The lowest BCUT2D eigenvalue weighted by molar-refractivity contribution is -0.193. The first-order chi connectivity index (χ1) is 11.7. The first-order valence-electron chi connectivity index (χ1n) is 7.01. The maximum Gasteiger partial charge on any atom is 0.490 e. The van der Waals surface area contributed by atoms with Gasteiger partial charge in [0.05, 0.1) is 0 Å². The Bertz CT molecular complexity index is 399. The van der Waals surface area contributed by atoms with E-state index in [2.05, 4.69) is 4.99 Å². The normalized spacial score (nSPS) is 10.6. The number of aliphatic carboxylic acids is 2.